The third-order valence-electron chi connectivity index (χ3n) is 6.25. The van der Waals surface area contributed by atoms with Gasteiger partial charge in [-0.2, -0.15) is 0 Å². The highest BCUT2D eigenvalue weighted by molar-refractivity contribution is 6.31. The molecule has 3 rings (SSSR count). The van der Waals surface area contributed by atoms with Crippen molar-refractivity contribution >= 4 is 39.1 Å². The van der Waals surface area contributed by atoms with E-state index < -0.39 is 0 Å². The Morgan fingerprint density at radius 2 is 1.56 bits per heavy atom. The van der Waals surface area contributed by atoms with Crippen LogP contribution in [0.5, 0.6) is 5.75 Å². The highest BCUT2D eigenvalue weighted by Crippen LogP contribution is 2.34. The van der Waals surface area contributed by atoms with Crippen molar-refractivity contribution in [1.82, 2.24) is 9.88 Å². The maximum absolute atomic E-state index is 6.24. The van der Waals surface area contributed by atoms with Gasteiger partial charge in [0.1, 0.15) is 5.75 Å². The molecule has 0 saturated carbocycles. The van der Waals surface area contributed by atoms with Crippen LogP contribution in [0.3, 0.4) is 0 Å². The van der Waals surface area contributed by atoms with Gasteiger partial charge < -0.3 is 26.4 Å². The normalized spacial score (nSPS) is 11.6. The second kappa shape index (κ2) is 14.3. The third-order valence-corrected chi connectivity index (χ3v) is 6.49. The molecule has 3 aromatic rings. The lowest BCUT2D eigenvalue weighted by Gasteiger charge is -2.22. The van der Waals surface area contributed by atoms with Gasteiger partial charge in [-0.1, -0.05) is 24.4 Å². The summed E-state index contributed by atoms with van der Waals surface area (Å²) >= 11 is 6.24. The van der Waals surface area contributed by atoms with Gasteiger partial charge in [-0.15, -0.1) is 0 Å². The van der Waals surface area contributed by atoms with Crippen molar-refractivity contribution in [3.05, 3.63) is 41.4 Å². The number of benzene rings is 2. The first-order valence-electron chi connectivity index (χ1n) is 12.6. The second-order valence-corrected chi connectivity index (χ2v) is 9.29. The van der Waals surface area contributed by atoms with Crippen LogP contribution in [0.4, 0.5) is 5.69 Å². The Kier molecular flexibility index (Phi) is 11.2. The van der Waals surface area contributed by atoms with Gasteiger partial charge in [0.15, 0.2) is 0 Å². The minimum atomic E-state index is 0.697. The van der Waals surface area contributed by atoms with Gasteiger partial charge in [0.05, 0.1) is 23.8 Å². The fourth-order valence-electron chi connectivity index (χ4n) is 4.37. The molecule has 6 nitrogen and oxygen atoms in total. The molecule has 0 saturated heterocycles. The fourth-order valence-corrected chi connectivity index (χ4v) is 4.54. The molecule has 0 atom stereocenters. The number of nitrogens with zero attached hydrogens (tertiary/aromatic N) is 2. The van der Waals surface area contributed by atoms with Gasteiger partial charge in [-0.25, -0.2) is 4.98 Å². The molecule has 0 aliphatic rings. The predicted molar refractivity (Wildman–Crippen MR) is 146 cm³/mol. The Balaban J connectivity index is 1.54. The first-order chi connectivity index (χ1) is 16.7. The van der Waals surface area contributed by atoms with Crippen LogP contribution in [0.25, 0.3) is 21.8 Å². The Morgan fingerprint density at radius 3 is 2.32 bits per heavy atom. The molecule has 0 aliphatic heterocycles. The minimum Gasteiger partial charge on any atom is -0.497 e. The van der Waals surface area contributed by atoms with E-state index in [9.17, 15) is 0 Å². The largest absolute Gasteiger partial charge is 0.497 e. The van der Waals surface area contributed by atoms with Crippen LogP contribution in [0.15, 0.2) is 36.4 Å². The quantitative estimate of drug-likeness (QED) is 0.185. The Morgan fingerprint density at radius 1 is 0.824 bits per heavy atom. The van der Waals surface area contributed by atoms with Crippen molar-refractivity contribution in [3.63, 3.8) is 0 Å². The summed E-state index contributed by atoms with van der Waals surface area (Å²) in [6.45, 7) is 5.83. The van der Waals surface area contributed by atoms with Crippen molar-refractivity contribution in [2.75, 3.05) is 51.7 Å². The van der Waals surface area contributed by atoms with Crippen LogP contribution in [0, 0.1) is 0 Å². The van der Waals surface area contributed by atoms with E-state index >= 15 is 0 Å². The van der Waals surface area contributed by atoms with Crippen molar-refractivity contribution < 1.29 is 4.74 Å². The molecule has 186 valence electrons. The molecule has 0 fully saturated rings. The molecule has 0 bridgehead atoms. The highest BCUT2D eigenvalue weighted by Gasteiger charge is 2.11. The summed E-state index contributed by atoms with van der Waals surface area (Å²) in [6, 6.07) is 11.9. The summed E-state index contributed by atoms with van der Waals surface area (Å²) in [4.78, 5) is 7.36. The molecule has 2 aromatic carbocycles. The lowest BCUT2D eigenvalue weighted by atomic mass is 10.1. The van der Waals surface area contributed by atoms with Gasteiger partial charge in [0, 0.05) is 22.3 Å². The molecular formula is C27H40ClN5O. The van der Waals surface area contributed by atoms with E-state index in [1.807, 2.05) is 30.3 Å². The van der Waals surface area contributed by atoms with Gasteiger partial charge in [-0.3, -0.25) is 0 Å². The van der Waals surface area contributed by atoms with Gasteiger partial charge in [0.2, 0.25) is 0 Å². The van der Waals surface area contributed by atoms with Crippen molar-refractivity contribution in [2.24, 2.45) is 11.5 Å². The smallest absolute Gasteiger partial charge is 0.119 e. The number of hydrogen-bond acceptors (Lipinski definition) is 6. The fraction of sp³-hybridized carbons (Fsp3) is 0.519. The number of pyridine rings is 1. The van der Waals surface area contributed by atoms with Crippen LogP contribution in [0.1, 0.15) is 44.9 Å². The molecule has 0 aliphatic carbocycles. The summed E-state index contributed by atoms with van der Waals surface area (Å²) in [5, 5.41) is 6.54. The van der Waals surface area contributed by atoms with E-state index in [1.54, 1.807) is 7.11 Å². The number of methoxy groups -OCH3 is 1. The lowest BCUT2D eigenvalue weighted by molar-refractivity contribution is 0.260. The van der Waals surface area contributed by atoms with Crippen LogP contribution in [0.2, 0.25) is 5.02 Å². The Bertz CT molecular complexity index is 1030. The van der Waals surface area contributed by atoms with E-state index in [2.05, 4.69) is 16.3 Å². The van der Waals surface area contributed by atoms with Crippen molar-refractivity contribution in [2.45, 2.75) is 44.9 Å². The van der Waals surface area contributed by atoms with Gasteiger partial charge in [0.25, 0.3) is 0 Å². The Hall–Kier alpha value is -2.12. The van der Waals surface area contributed by atoms with E-state index in [4.69, 9.17) is 32.8 Å². The van der Waals surface area contributed by atoms with Crippen molar-refractivity contribution in [3.8, 4) is 5.75 Å². The number of anilines is 1. The summed E-state index contributed by atoms with van der Waals surface area (Å²) in [5.41, 5.74) is 14.3. The number of unbranched alkanes of at least 4 members (excludes halogenated alkanes) is 4. The van der Waals surface area contributed by atoms with Gasteiger partial charge in [-0.05, 0) is 101 Å². The second-order valence-electron chi connectivity index (χ2n) is 8.85. The highest BCUT2D eigenvalue weighted by atomic mass is 35.5. The summed E-state index contributed by atoms with van der Waals surface area (Å²) in [6.07, 6.45) is 8.13. The topological polar surface area (TPSA) is 89.4 Å². The molecular weight excluding hydrogens is 446 g/mol. The number of aromatic nitrogens is 1. The number of fused-ring (bicyclic) bond motifs is 2. The molecule has 5 N–H and O–H groups in total. The lowest BCUT2D eigenvalue weighted by Crippen LogP contribution is -2.29. The zero-order valence-corrected chi connectivity index (χ0v) is 21.2. The number of hydrogen-bond donors (Lipinski definition) is 3. The average Bonchev–Trinajstić information content (AvgIpc) is 2.85. The minimum absolute atomic E-state index is 0.697. The third kappa shape index (κ3) is 7.70. The summed E-state index contributed by atoms with van der Waals surface area (Å²) in [7, 11) is 1.69. The maximum atomic E-state index is 6.24. The van der Waals surface area contributed by atoms with Crippen LogP contribution in [-0.2, 0) is 0 Å². The number of ether oxygens (including phenoxy) is 1. The monoisotopic (exact) mass is 485 g/mol. The van der Waals surface area contributed by atoms with E-state index in [-0.39, 0.29) is 0 Å². The standard InChI is InChI=1S/C27H40ClN5O/c1-34-22-10-12-25-24(20-22)27(23-11-9-21(28)19-26(23)32-25)31-15-5-2-3-6-16-33(18-8-14-30)17-7-4-13-29/h9-12,19-20H,2-8,13-18,29-30H2,1H3,(H,31,32). The summed E-state index contributed by atoms with van der Waals surface area (Å²) in [5.74, 6) is 0.830. The van der Waals surface area contributed by atoms with Crippen molar-refractivity contribution in [1.29, 1.82) is 0 Å². The Labute approximate surface area is 209 Å². The molecule has 0 radical (unpaired) electrons. The predicted octanol–water partition coefficient (Wildman–Crippen LogP) is 5.41. The molecule has 0 spiro atoms. The molecule has 1 heterocycles. The first-order valence-corrected chi connectivity index (χ1v) is 13.0. The summed E-state index contributed by atoms with van der Waals surface area (Å²) < 4.78 is 5.46. The first kappa shape index (κ1) is 26.5. The number of nitrogens with two attached hydrogens (primary N) is 2. The van der Waals surface area contributed by atoms with Crippen LogP contribution < -0.4 is 21.5 Å². The molecule has 34 heavy (non-hydrogen) atoms. The molecule has 7 heteroatoms. The average molecular weight is 486 g/mol. The van der Waals surface area contributed by atoms with E-state index in [0.717, 1.165) is 91.8 Å². The number of halogens is 1. The number of nitrogens with one attached hydrogen (secondary N) is 1. The molecule has 0 unspecified atom stereocenters. The zero-order chi connectivity index (χ0) is 24.2. The molecule has 0 amide bonds. The zero-order valence-electron chi connectivity index (χ0n) is 20.5. The van der Waals surface area contributed by atoms with Crippen LogP contribution in [-0.4, -0.2) is 56.3 Å². The van der Waals surface area contributed by atoms with E-state index in [0.29, 0.717) is 5.02 Å². The SMILES string of the molecule is COc1ccc2nc3cc(Cl)ccc3c(NCCCCCCN(CCCN)CCCCN)c2c1. The molecule has 1 aromatic heterocycles. The van der Waals surface area contributed by atoms with Gasteiger partial charge >= 0.3 is 0 Å². The van der Waals surface area contributed by atoms with Crippen LogP contribution >= 0.6 is 11.6 Å². The maximum Gasteiger partial charge on any atom is 0.119 e. The number of rotatable bonds is 16. The van der Waals surface area contributed by atoms with E-state index in [1.165, 1.54) is 25.7 Å².